The first-order valence-corrected chi connectivity index (χ1v) is 5.64. The molecule has 1 aromatic carbocycles. The van der Waals surface area contributed by atoms with Crippen molar-refractivity contribution in [1.29, 1.82) is 0 Å². The quantitative estimate of drug-likeness (QED) is 0.867. The lowest BCUT2D eigenvalue weighted by molar-refractivity contribution is -0.121. The summed E-state index contributed by atoms with van der Waals surface area (Å²) in [6, 6.07) is 9.84. The third kappa shape index (κ3) is 2.72. The summed E-state index contributed by atoms with van der Waals surface area (Å²) in [6.45, 7) is 2.86. The average molecular weight is 229 g/mol. The van der Waals surface area contributed by atoms with Crippen molar-refractivity contribution < 1.29 is 4.79 Å². The van der Waals surface area contributed by atoms with E-state index in [2.05, 4.69) is 10.3 Å². The van der Waals surface area contributed by atoms with E-state index in [1.54, 1.807) is 6.20 Å². The predicted octanol–water partition coefficient (Wildman–Crippen LogP) is 1.69. The van der Waals surface area contributed by atoms with Crippen molar-refractivity contribution in [2.45, 2.75) is 13.5 Å². The number of nitrogens with one attached hydrogen (secondary N) is 1. The number of carbonyl (C=O) groups is 1. The van der Waals surface area contributed by atoms with Crippen molar-refractivity contribution in [3.05, 3.63) is 42.7 Å². The van der Waals surface area contributed by atoms with E-state index in [0.29, 0.717) is 13.1 Å². The molecule has 2 aromatic rings. The molecular formula is C13H15N3O. The highest BCUT2D eigenvalue weighted by molar-refractivity contribution is 5.76. The van der Waals surface area contributed by atoms with Gasteiger partial charge in [0, 0.05) is 24.5 Å². The van der Waals surface area contributed by atoms with Crippen molar-refractivity contribution in [3.8, 4) is 11.4 Å². The van der Waals surface area contributed by atoms with Gasteiger partial charge in [-0.1, -0.05) is 30.3 Å². The fourth-order valence-electron chi connectivity index (χ4n) is 1.69. The molecule has 4 heteroatoms. The van der Waals surface area contributed by atoms with Crippen LogP contribution in [0.25, 0.3) is 11.4 Å². The summed E-state index contributed by atoms with van der Waals surface area (Å²) in [5.41, 5.74) is 1.02. The molecule has 0 saturated heterocycles. The summed E-state index contributed by atoms with van der Waals surface area (Å²) in [6.07, 6.45) is 3.53. The smallest absolute Gasteiger partial charge is 0.239 e. The molecule has 17 heavy (non-hydrogen) atoms. The topological polar surface area (TPSA) is 46.9 Å². The number of nitrogens with zero attached hydrogens (tertiary/aromatic N) is 2. The van der Waals surface area contributed by atoms with Crippen LogP contribution in [0.1, 0.15) is 6.92 Å². The summed E-state index contributed by atoms with van der Waals surface area (Å²) < 4.78 is 1.85. The van der Waals surface area contributed by atoms with Gasteiger partial charge >= 0.3 is 0 Å². The second-order valence-corrected chi connectivity index (χ2v) is 3.70. The van der Waals surface area contributed by atoms with Crippen LogP contribution >= 0.6 is 0 Å². The minimum absolute atomic E-state index is 0.00248. The first-order chi connectivity index (χ1) is 8.31. The molecule has 0 aliphatic rings. The highest BCUT2D eigenvalue weighted by atomic mass is 16.1. The molecule has 0 radical (unpaired) electrons. The first-order valence-electron chi connectivity index (χ1n) is 5.64. The van der Waals surface area contributed by atoms with Crippen LogP contribution in [0.3, 0.4) is 0 Å². The molecule has 0 spiro atoms. The molecule has 1 amide bonds. The maximum Gasteiger partial charge on any atom is 0.239 e. The second kappa shape index (κ2) is 5.30. The van der Waals surface area contributed by atoms with Crippen LogP contribution in [0.4, 0.5) is 0 Å². The van der Waals surface area contributed by atoms with E-state index in [1.807, 2.05) is 48.0 Å². The van der Waals surface area contributed by atoms with Crippen LogP contribution in [0.2, 0.25) is 0 Å². The number of imidazole rings is 1. The van der Waals surface area contributed by atoms with E-state index < -0.39 is 0 Å². The summed E-state index contributed by atoms with van der Waals surface area (Å²) >= 11 is 0. The highest BCUT2D eigenvalue weighted by Crippen LogP contribution is 2.16. The summed E-state index contributed by atoms with van der Waals surface area (Å²) in [5, 5.41) is 2.77. The molecule has 88 valence electrons. The Bertz CT molecular complexity index is 490. The molecule has 0 saturated carbocycles. The lowest BCUT2D eigenvalue weighted by Crippen LogP contribution is -2.27. The molecule has 0 fully saturated rings. The molecule has 1 N–H and O–H groups in total. The standard InChI is InChI=1S/C13H15N3O/c1-2-14-12(17)10-16-9-8-15-13(16)11-6-4-3-5-7-11/h3-9H,2,10H2,1H3,(H,14,17). The van der Waals surface area contributed by atoms with Gasteiger partial charge in [0.25, 0.3) is 0 Å². The average Bonchev–Trinajstić information content (AvgIpc) is 2.78. The first kappa shape index (κ1) is 11.4. The number of rotatable bonds is 4. The van der Waals surface area contributed by atoms with Gasteiger partial charge in [-0.25, -0.2) is 4.98 Å². The van der Waals surface area contributed by atoms with Gasteiger partial charge < -0.3 is 9.88 Å². The van der Waals surface area contributed by atoms with Gasteiger partial charge in [0.15, 0.2) is 0 Å². The van der Waals surface area contributed by atoms with Crippen LogP contribution in [0.5, 0.6) is 0 Å². The van der Waals surface area contributed by atoms with Gasteiger partial charge in [0.2, 0.25) is 5.91 Å². The fraction of sp³-hybridized carbons (Fsp3) is 0.231. The van der Waals surface area contributed by atoms with Gasteiger partial charge in [-0.05, 0) is 6.92 Å². The molecule has 0 atom stereocenters. The molecule has 1 heterocycles. The summed E-state index contributed by atoms with van der Waals surface area (Å²) in [4.78, 5) is 15.8. The maximum absolute atomic E-state index is 11.5. The fourth-order valence-corrected chi connectivity index (χ4v) is 1.69. The van der Waals surface area contributed by atoms with Gasteiger partial charge in [-0.15, -0.1) is 0 Å². The molecule has 1 aromatic heterocycles. The lowest BCUT2D eigenvalue weighted by Gasteiger charge is -2.07. The van der Waals surface area contributed by atoms with E-state index in [0.717, 1.165) is 11.4 Å². The molecule has 2 rings (SSSR count). The molecule has 0 unspecified atom stereocenters. The number of benzene rings is 1. The molecule has 0 aliphatic carbocycles. The van der Waals surface area contributed by atoms with E-state index in [9.17, 15) is 4.79 Å². The van der Waals surface area contributed by atoms with Crippen molar-refractivity contribution in [1.82, 2.24) is 14.9 Å². The zero-order valence-corrected chi connectivity index (χ0v) is 9.76. The van der Waals surface area contributed by atoms with E-state index in [-0.39, 0.29) is 5.91 Å². The monoisotopic (exact) mass is 229 g/mol. The zero-order chi connectivity index (χ0) is 12.1. The number of carbonyl (C=O) groups excluding carboxylic acids is 1. The Morgan fingerprint density at radius 3 is 2.82 bits per heavy atom. The van der Waals surface area contributed by atoms with Crippen molar-refractivity contribution >= 4 is 5.91 Å². The molecule has 0 bridgehead atoms. The van der Waals surface area contributed by atoms with E-state index in [1.165, 1.54) is 0 Å². The van der Waals surface area contributed by atoms with Crippen molar-refractivity contribution in [2.24, 2.45) is 0 Å². The number of amides is 1. The van der Waals surface area contributed by atoms with Gasteiger partial charge in [0.1, 0.15) is 12.4 Å². The minimum Gasteiger partial charge on any atom is -0.355 e. The number of hydrogen-bond donors (Lipinski definition) is 1. The molecule has 4 nitrogen and oxygen atoms in total. The highest BCUT2D eigenvalue weighted by Gasteiger charge is 2.08. The van der Waals surface area contributed by atoms with Crippen LogP contribution in [-0.4, -0.2) is 22.0 Å². The van der Waals surface area contributed by atoms with Crippen molar-refractivity contribution in [3.63, 3.8) is 0 Å². The van der Waals surface area contributed by atoms with Crippen LogP contribution < -0.4 is 5.32 Å². The SMILES string of the molecule is CCNC(=O)Cn1ccnc1-c1ccccc1. The zero-order valence-electron chi connectivity index (χ0n) is 9.76. The van der Waals surface area contributed by atoms with Crippen molar-refractivity contribution in [2.75, 3.05) is 6.54 Å². The van der Waals surface area contributed by atoms with Crippen LogP contribution in [0, 0.1) is 0 Å². The summed E-state index contributed by atoms with van der Waals surface area (Å²) in [5.74, 6) is 0.819. The van der Waals surface area contributed by atoms with Gasteiger partial charge in [-0.3, -0.25) is 4.79 Å². The Hall–Kier alpha value is -2.10. The third-order valence-electron chi connectivity index (χ3n) is 2.44. The van der Waals surface area contributed by atoms with E-state index in [4.69, 9.17) is 0 Å². The Labute approximate surface area is 100 Å². The number of aromatic nitrogens is 2. The minimum atomic E-state index is 0.00248. The second-order valence-electron chi connectivity index (χ2n) is 3.70. The Balaban J connectivity index is 2.20. The van der Waals surface area contributed by atoms with Crippen LogP contribution in [0.15, 0.2) is 42.7 Å². The Morgan fingerprint density at radius 1 is 1.35 bits per heavy atom. The normalized spacial score (nSPS) is 10.2. The molecular weight excluding hydrogens is 214 g/mol. The Morgan fingerprint density at radius 2 is 2.12 bits per heavy atom. The largest absolute Gasteiger partial charge is 0.355 e. The van der Waals surface area contributed by atoms with Gasteiger partial charge in [0.05, 0.1) is 0 Å². The Kier molecular flexibility index (Phi) is 3.55. The number of likely N-dealkylation sites (N-methyl/N-ethyl adjacent to an activating group) is 1. The molecule has 0 aliphatic heterocycles. The predicted molar refractivity (Wildman–Crippen MR) is 66.3 cm³/mol. The van der Waals surface area contributed by atoms with E-state index >= 15 is 0 Å². The lowest BCUT2D eigenvalue weighted by atomic mass is 10.2. The number of hydrogen-bond acceptors (Lipinski definition) is 2. The van der Waals surface area contributed by atoms with Gasteiger partial charge in [-0.2, -0.15) is 0 Å². The van der Waals surface area contributed by atoms with Crippen LogP contribution in [-0.2, 0) is 11.3 Å². The summed E-state index contributed by atoms with van der Waals surface area (Å²) in [7, 11) is 0. The maximum atomic E-state index is 11.5. The third-order valence-corrected chi connectivity index (χ3v) is 2.44.